The van der Waals surface area contributed by atoms with Gasteiger partial charge >= 0.3 is 0 Å². The topological polar surface area (TPSA) is 115 Å². The van der Waals surface area contributed by atoms with Crippen LogP contribution in [0.1, 0.15) is 23.0 Å². The molecule has 0 unspecified atom stereocenters. The average molecular weight is 388 g/mol. The third kappa shape index (κ3) is 4.77. The minimum atomic E-state index is -3.00. The molecule has 2 aromatic heterocycles. The number of nitrogens with one attached hydrogen (secondary N) is 1. The Morgan fingerprint density at radius 1 is 1.50 bits per heavy atom. The fourth-order valence-electron chi connectivity index (χ4n) is 2.32. The molecule has 3 heterocycles. The molecule has 0 radical (unpaired) electrons. The SMILES string of the molecule is Cc1nc(Cc2nnc(SCC(=O)N[C@H]3CCS(=O)(=O)C3)o2)cs1. The lowest BCUT2D eigenvalue weighted by molar-refractivity contribution is -0.119. The van der Waals surface area contributed by atoms with Gasteiger partial charge in [0.05, 0.1) is 34.4 Å². The van der Waals surface area contributed by atoms with Crippen molar-refractivity contribution < 1.29 is 17.6 Å². The number of aryl methyl sites for hydroxylation is 1. The Bertz CT molecular complexity index is 830. The summed E-state index contributed by atoms with van der Waals surface area (Å²) in [6.45, 7) is 1.93. The van der Waals surface area contributed by atoms with Crippen molar-refractivity contribution in [2.24, 2.45) is 0 Å². The molecule has 1 fully saturated rings. The molecule has 1 aliphatic rings. The lowest BCUT2D eigenvalue weighted by Crippen LogP contribution is -2.36. The predicted molar refractivity (Wildman–Crippen MR) is 89.9 cm³/mol. The number of aromatic nitrogens is 3. The van der Waals surface area contributed by atoms with E-state index in [0.29, 0.717) is 24.0 Å². The molecule has 3 rings (SSSR count). The van der Waals surface area contributed by atoms with Crippen molar-refractivity contribution >= 4 is 38.8 Å². The van der Waals surface area contributed by atoms with Gasteiger partial charge < -0.3 is 9.73 Å². The van der Waals surface area contributed by atoms with Crippen LogP contribution in [0.5, 0.6) is 0 Å². The maximum atomic E-state index is 11.9. The summed E-state index contributed by atoms with van der Waals surface area (Å²) < 4.78 is 28.2. The van der Waals surface area contributed by atoms with E-state index in [-0.39, 0.29) is 29.2 Å². The molecule has 8 nitrogen and oxygen atoms in total. The van der Waals surface area contributed by atoms with Crippen LogP contribution >= 0.6 is 23.1 Å². The van der Waals surface area contributed by atoms with E-state index in [1.54, 1.807) is 11.3 Å². The molecule has 11 heteroatoms. The van der Waals surface area contributed by atoms with Gasteiger partial charge in [-0.3, -0.25) is 4.79 Å². The van der Waals surface area contributed by atoms with Crippen LogP contribution < -0.4 is 5.32 Å². The predicted octanol–water partition coefficient (Wildman–Crippen LogP) is 0.821. The van der Waals surface area contributed by atoms with Gasteiger partial charge in [0, 0.05) is 11.4 Å². The third-order valence-corrected chi connectivity index (χ3v) is 6.78. The number of carbonyl (C=O) groups excluding carboxylic acids is 1. The van der Waals surface area contributed by atoms with E-state index in [1.165, 1.54) is 0 Å². The van der Waals surface area contributed by atoms with Crippen molar-refractivity contribution in [1.29, 1.82) is 0 Å². The van der Waals surface area contributed by atoms with Gasteiger partial charge in [-0.1, -0.05) is 11.8 Å². The van der Waals surface area contributed by atoms with E-state index in [0.717, 1.165) is 22.5 Å². The first-order valence-electron chi connectivity index (χ1n) is 7.25. The fourth-order valence-corrected chi connectivity index (χ4v) is 5.20. The normalized spacial score (nSPS) is 19.5. The van der Waals surface area contributed by atoms with Crippen LogP contribution in [0.25, 0.3) is 0 Å². The van der Waals surface area contributed by atoms with Gasteiger partial charge in [-0.05, 0) is 13.3 Å². The second kappa shape index (κ2) is 7.19. The van der Waals surface area contributed by atoms with Crippen molar-refractivity contribution in [3.63, 3.8) is 0 Å². The van der Waals surface area contributed by atoms with Gasteiger partial charge in [0.2, 0.25) is 11.8 Å². The molecule has 130 valence electrons. The number of rotatable bonds is 6. The quantitative estimate of drug-likeness (QED) is 0.723. The molecule has 24 heavy (non-hydrogen) atoms. The Balaban J connectivity index is 1.46. The Kier molecular flexibility index (Phi) is 5.21. The Hall–Kier alpha value is -1.46. The minimum Gasteiger partial charge on any atom is -0.416 e. The summed E-state index contributed by atoms with van der Waals surface area (Å²) in [6, 6.07) is -0.297. The summed E-state index contributed by atoms with van der Waals surface area (Å²) >= 11 is 2.69. The first-order valence-corrected chi connectivity index (χ1v) is 10.9. The molecule has 0 spiro atoms. The van der Waals surface area contributed by atoms with E-state index < -0.39 is 9.84 Å². The van der Waals surface area contributed by atoms with Crippen LogP contribution in [0.15, 0.2) is 15.0 Å². The number of thioether (sulfide) groups is 1. The molecule has 1 N–H and O–H groups in total. The summed E-state index contributed by atoms with van der Waals surface area (Å²) in [7, 11) is -3.00. The Morgan fingerprint density at radius 3 is 3.00 bits per heavy atom. The summed E-state index contributed by atoms with van der Waals surface area (Å²) in [5, 5.41) is 13.8. The summed E-state index contributed by atoms with van der Waals surface area (Å²) in [4.78, 5) is 16.2. The number of nitrogens with zero attached hydrogens (tertiary/aromatic N) is 3. The monoisotopic (exact) mass is 388 g/mol. The Morgan fingerprint density at radius 2 is 2.33 bits per heavy atom. The van der Waals surface area contributed by atoms with Crippen LogP contribution in [-0.2, 0) is 21.1 Å². The molecule has 1 atom stereocenters. The van der Waals surface area contributed by atoms with E-state index in [4.69, 9.17) is 4.42 Å². The average Bonchev–Trinajstić information content (AvgIpc) is 3.19. The van der Waals surface area contributed by atoms with Gasteiger partial charge in [-0.15, -0.1) is 21.5 Å². The van der Waals surface area contributed by atoms with Crippen molar-refractivity contribution in [3.8, 4) is 0 Å². The van der Waals surface area contributed by atoms with E-state index in [9.17, 15) is 13.2 Å². The zero-order valence-electron chi connectivity index (χ0n) is 12.9. The summed E-state index contributed by atoms with van der Waals surface area (Å²) in [6.07, 6.45) is 0.931. The molecule has 0 aliphatic carbocycles. The van der Waals surface area contributed by atoms with Crippen molar-refractivity contribution in [3.05, 3.63) is 22.0 Å². The van der Waals surface area contributed by atoms with Crippen molar-refractivity contribution in [2.75, 3.05) is 17.3 Å². The molecule has 2 aromatic rings. The molecule has 1 amide bonds. The van der Waals surface area contributed by atoms with E-state index in [2.05, 4.69) is 20.5 Å². The molecule has 0 aromatic carbocycles. The smallest absolute Gasteiger partial charge is 0.277 e. The summed E-state index contributed by atoms with van der Waals surface area (Å²) in [5.41, 5.74) is 0.873. The van der Waals surface area contributed by atoms with Gasteiger partial charge in [-0.25, -0.2) is 13.4 Å². The van der Waals surface area contributed by atoms with Gasteiger partial charge in [-0.2, -0.15) is 0 Å². The first kappa shape index (κ1) is 17.4. The largest absolute Gasteiger partial charge is 0.416 e. The molecule has 1 aliphatic heterocycles. The second-order valence-corrected chi connectivity index (χ2v) is 9.67. The number of thiazole rings is 1. The number of carbonyl (C=O) groups is 1. The van der Waals surface area contributed by atoms with E-state index in [1.807, 2.05) is 12.3 Å². The van der Waals surface area contributed by atoms with Crippen LogP contribution in [-0.4, -0.2) is 52.8 Å². The number of sulfone groups is 1. The van der Waals surface area contributed by atoms with Gasteiger partial charge in [0.25, 0.3) is 5.22 Å². The van der Waals surface area contributed by atoms with Gasteiger partial charge in [0.1, 0.15) is 0 Å². The van der Waals surface area contributed by atoms with E-state index >= 15 is 0 Å². The number of amides is 1. The molecule has 0 bridgehead atoms. The lowest BCUT2D eigenvalue weighted by atomic mass is 10.3. The number of hydrogen-bond donors (Lipinski definition) is 1. The van der Waals surface area contributed by atoms with Gasteiger partial charge in [0.15, 0.2) is 9.84 Å². The molecule has 1 saturated heterocycles. The van der Waals surface area contributed by atoms with Crippen LogP contribution in [0.3, 0.4) is 0 Å². The van der Waals surface area contributed by atoms with Crippen molar-refractivity contribution in [1.82, 2.24) is 20.5 Å². The fraction of sp³-hybridized carbons (Fsp3) is 0.538. The highest BCUT2D eigenvalue weighted by atomic mass is 32.2. The maximum absolute atomic E-state index is 11.9. The first-order chi connectivity index (χ1) is 11.4. The Labute approximate surface area is 147 Å². The van der Waals surface area contributed by atoms with Crippen LogP contribution in [0.2, 0.25) is 0 Å². The molecule has 0 saturated carbocycles. The minimum absolute atomic E-state index is 0.0150. The van der Waals surface area contributed by atoms with Crippen molar-refractivity contribution in [2.45, 2.75) is 31.0 Å². The highest BCUT2D eigenvalue weighted by Gasteiger charge is 2.28. The zero-order chi connectivity index (χ0) is 17.2. The summed E-state index contributed by atoms with van der Waals surface area (Å²) in [5.74, 6) is 0.464. The third-order valence-electron chi connectivity index (χ3n) is 3.37. The maximum Gasteiger partial charge on any atom is 0.277 e. The standard InChI is InChI=1S/C13H16N4O4S3/c1-8-14-10(5-22-8)4-12-16-17-13(21-12)23-6-11(18)15-9-2-3-24(19,20)7-9/h5,9H,2-4,6-7H2,1H3,(H,15,18)/t9-/m0/s1. The van der Waals surface area contributed by atoms with Crippen LogP contribution in [0, 0.1) is 6.92 Å². The molecular formula is C13H16N4O4S3. The van der Waals surface area contributed by atoms with Crippen LogP contribution in [0.4, 0.5) is 0 Å². The number of hydrogen-bond acceptors (Lipinski definition) is 9. The highest BCUT2D eigenvalue weighted by Crippen LogP contribution is 2.19. The second-order valence-electron chi connectivity index (χ2n) is 5.45. The zero-order valence-corrected chi connectivity index (χ0v) is 15.3. The molecular weight excluding hydrogens is 372 g/mol. The lowest BCUT2D eigenvalue weighted by Gasteiger charge is -2.09. The highest BCUT2D eigenvalue weighted by molar-refractivity contribution is 7.99.